The Balaban J connectivity index is 1.72. The Morgan fingerprint density at radius 2 is 2.19 bits per heavy atom. The van der Waals surface area contributed by atoms with E-state index in [0.29, 0.717) is 6.04 Å². The number of nitrogens with zero attached hydrogens (tertiary/aromatic N) is 1. The van der Waals surface area contributed by atoms with Gasteiger partial charge in [0, 0.05) is 22.7 Å². The molecule has 1 atom stereocenters. The lowest BCUT2D eigenvalue weighted by atomic mass is 9.98. The first-order chi connectivity index (χ1) is 10.3. The van der Waals surface area contributed by atoms with E-state index in [2.05, 4.69) is 33.9 Å². The number of thiophene rings is 2. The Kier molecular flexibility index (Phi) is 4.73. The van der Waals surface area contributed by atoms with Gasteiger partial charge in [-0.15, -0.1) is 22.7 Å². The fourth-order valence-corrected chi connectivity index (χ4v) is 4.76. The van der Waals surface area contributed by atoms with E-state index in [4.69, 9.17) is 5.11 Å². The van der Waals surface area contributed by atoms with Crippen molar-refractivity contribution >= 4 is 28.6 Å². The quantitative estimate of drug-likeness (QED) is 0.817. The molecular weight excluding hydrogens is 302 g/mol. The van der Waals surface area contributed by atoms with E-state index in [1.165, 1.54) is 15.3 Å². The van der Waals surface area contributed by atoms with Crippen molar-refractivity contribution in [2.45, 2.75) is 31.7 Å². The fourth-order valence-electron chi connectivity index (χ4n) is 2.98. The van der Waals surface area contributed by atoms with Crippen LogP contribution in [0.2, 0.25) is 0 Å². The lowest BCUT2D eigenvalue weighted by molar-refractivity contribution is -0.137. The Labute approximate surface area is 132 Å². The van der Waals surface area contributed by atoms with Gasteiger partial charge in [-0.25, -0.2) is 0 Å². The lowest BCUT2D eigenvalue weighted by Gasteiger charge is -2.35. The summed E-state index contributed by atoms with van der Waals surface area (Å²) in [5, 5.41) is 13.1. The normalized spacial score (nSPS) is 18.6. The van der Waals surface area contributed by atoms with E-state index >= 15 is 0 Å². The standard InChI is InChI=1S/C16H19NO2S2/c18-15(19)5-1-2-8-17-9-6-13-12(7-11-21-13)16(17)14-4-3-10-20-14/h3-4,7,10-11,16H,1-2,5-6,8-9H2,(H,18,19). The van der Waals surface area contributed by atoms with E-state index < -0.39 is 5.97 Å². The van der Waals surface area contributed by atoms with Crippen LogP contribution in [0, 0.1) is 0 Å². The molecule has 1 N–H and O–H groups in total. The SMILES string of the molecule is O=C(O)CCCCN1CCc2sccc2C1c1cccs1. The number of hydrogen-bond acceptors (Lipinski definition) is 4. The number of carbonyl (C=O) groups is 1. The summed E-state index contributed by atoms with van der Waals surface area (Å²) in [4.78, 5) is 16.0. The van der Waals surface area contributed by atoms with Gasteiger partial charge in [0.05, 0.1) is 6.04 Å². The van der Waals surface area contributed by atoms with Crippen LogP contribution in [-0.4, -0.2) is 29.1 Å². The Bertz CT molecular complexity index is 591. The van der Waals surface area contributed by atoms with Crippen molar-refractivity contribution in [2.24, 2.45) is 0 Å². The van der Waals surface area contributed by atoms with Crippen molar-refractivity contribution in [3.8, 4) is 0 Å². The Morgan fingerprint density at radius 1 is 1.29 bits per heavy atom. The number of aliphatic carboxylic acids is 1. The maximum atomic E-state index is 10.6. The second kappa shape index (κ2) is 6.73. The molecule has 2 aromatic heterocycles. The number of fused-ring (bicyclic) bond motifs is 1. The molecule has 0 radical (unpaired) electrons. The predicted octanol–water partition coefficient (Wildman–Crippen LogP) is 4.01. The van der Waals surface area contributed by atoms with Crippen molar-refractivity contribution in [3.05, 3.63) is 44.3 Å². The molecular formula is C16H19NO2S2. The molecule has 0 bridgehead atoms. The molecule has 0 spiro atoms. The molecule has 3 nitrogen and oxygen atoms in total. The van der Waals surface area contributed by atoms with Gasteiger partial charge in [0.2, 0.25) is 0 Å². The molecule has 3 rings (SSSR count). The average Bonchev–Trinajstić information content (AvgIpc) is 3.13. The topological polar surface area (TPSA) is 40.5 Å². The summed E-state index contributed by atoms with van der Waals surface area (Å²) in [6.45, 7) is 2.05. The minimum atomic E-state index is -0.691. The molecule has 0 saturated carbocycles. The molecule has 112 valence electrons. The Morgan fingerprint density at radius 3 is 2.95 bits per heavy atom. The highest BCUT2D eigenvalue weighted by atomic mass is 32.1. The van der Waals surface area contributed by atoms with Crippen LogP contribution in [0.4, 0.5) is 0 Å². The number of carboxylic acids is 1. The number of carboxylic acid groups (broad SMARTS) is 1. The first kappa shape index (κ1) is 14.8. The minimum Gasteiger partial charge on any atom is -0.481 e. The molecule has 0 fully saturated rings. The summed E-state index contributed by atoms with van der Waals surface area (Å²) in [5.74, 6) is -0.691. The zero-order valence-electron chi connectivity index (χ0n) is 11.8. The minimum absolute atomic E-state index is 0.279. The molecule has 1 unspecified atom stereocenters. The second-order valence-corrected chi connectivity index (χ2v) is 7.33. The van der Waals surface area contributed by atoms with Crippen LogP contribution in [0.1, 0.15) is 40.6 Å². The maximum Gasteiger partial charge on any atom is 0.303 e. The highest BCUT2D eigenvalue weighted by molar-refractivity contribution is 7.10. The van der Waals surface area contributed by atoms with Gasteiger partial charge < -0.3 is 5.11 Å². The van der Waals surface area contributed by atoms with Gasteiger partial charge in [-0.2, -0.15) is 0 Å². The highest BCUT2D eigenvalue weighted by Crippen LogP contribution is 2.39. The van der Waals surface area contributed by atoms with Crippen LogP contribution in [0.15, 0.2) is 29.0 Å². The van der Waals surface area contributed by atoms with E-state index in [-0.39, 0.29) is 6.42 Å². The highest BCUT2D eigenvalue weighted by Gasteiger charge is 2.29. The first-order valence-corrected chi connectivity index (χ1v) is 9.07. The van der Waals surface area contributed by atoms with E-state index in [1.54, 1.807) is 0 Å². The van der Waals surface area contributed by atoms with Gasteiger partial charge >= 0.3 is 5.97 Å². The number of hydrogen-bond donors (Lipinski definition) is 1. The molecule has 0 aromatic carbocycles. The lowest BCUT2D eigenvalue weighted by Crippen LogP contribution is -2.35. The largest absolute Gasteiger partial charge is 0.481 e. The zero-order chi connectivity index (χ0) is 14.7. The molecule has 3 heterocycles. The Hall–Kier alpha value is -1.17. The molecule has 2 aromatic rings. The number of unbranched alkanes of at least 4 members (excludes halogenated alkanes) is 1. The van der Waals surface area contributed by atoms with Crippen molar-refractivity contribution < 1.29 is 9.90 Å². The third kappa shape index (κ3) is 3.36. The van der Waals surface area contributed by atoms with Crippen molar-refractivity contribution in [2.75, 3.05) is 13.1 Å². The smallest absolute Gasteiger partial charge is 0.303 e. The van der Waals surface area contributed by atoms with Crippen molar-refractivity contribution in [1.82, 2.24) is 4.90 Å². The molecule has 0 amide bonds. The molecule has 1 aliphatic heterocycles. The van der Waals surface area contributed by atoms with Crippen LogP contribution >= 0.6 is 22.7 Å². The average molecular weight is 321 g/mol. The molecule has 0 aliphatic carbocycles. The third-order valence-corrected chi connectivity index (χ3v) is 5.89. The fraction of sp³-hybridized carbons (Fsp3) is 0.438. The third-order valence-electron chi connectivity index (χ3n) is 3.96. The van der Waals surface area contributed by atoms with Crippen LogP contribution in [-0.2, 0) is 11.2 Å². The van der Waals surface area contributed by atoms with E-state index in [0.717, 1.165) is 32.4 Å². The molecule has 1 aliphatic rings. The summed E-state index contributed by atoms with van der Waals surface area (Å²) in [6.07, 6.45) is 3.11. The summed E-state index contributed by atoms with van der Waals surface area (Å²) in [6, 6.07) is 6.95. The molecule has 5 heteroatoms. The summed E-state index contributed by atoms with van der Waals surface area (Å²) < 4.78 is 0. The van der Waals surface area contributed by atoms with Gasteiger partial charge in [0.1, 0.15) is 0 Å². The molecule has 21 heavy (non-hydrogen) atoms. The van der Waals surface area contributed by atoms with Gasteiger partial charge in [0.15, 0.2) is 0 Å². The van der Waals surface area contributed by atoms with E-state index in [1.807, 2.05) is 22.7 Å². The van der Waals surface area contributed by atoms with E-state index in [9.17, 15) is 4.79 Å². The second-order valence-electron chi connectivity index (χ2n) is 5.35. The molecule has 0 saturated heterocycles. The van der Waals surface area contributed by atoms with Gasteiger partial charge in [-0.3, -0.25) is 9.69 Å². The van der Waals surface area contributed by atoms with Crippen LogP contribution in [0.3, 0.4) is 0 Å². The van der Waals surface area contributed by atoms with Gasteiger partial charge in [0.25, 0.3) is 0 Å². The monoisotopic (exact) mass is 321 g/mol. The summed E-state index contributed by atoms with van der Waals surface area (Å²) in [7, 11) is 0. The van der Waals surface area contributed by atoms with Crippen LogP contribution in [0.5, 0.6) is 0 Å². The number of rotatable bonds is 6. The summed E-state index contributed by atoms with van der Waals surface area (Å²) >= 11 is 3.67. The van der Waals surface area contributed by atoms with Crippen LogP contribution in [0.25, 0.3) is 0 Å². The maximum absolute atomic E-state index is 10.6. The zero-order valence-corrected chi connectivity index (χ0v) is 13.5. The first-order valence-electron chi connectivity index (χ1n) is 7.31. The van der Waals surface area contributed by atoms with Gasteiger partial charge in [-0.05, 0) is 54.3 Å². The predicted molar refractivity (Wildman–Crippen MR) is 87.2 cm³/mol. The van der Waals surface area contributed by atoms with Crippen LogP contribution < -0.4 is 0 Å². The van der Waals surface area contributed by atoms with Crippen molar-refractivity contribution in [3.63, 3.8) is 0 Å². The van der Waals surface area contributed by atoms with Crippen molar-refractivity contribution in [1.29, 1.82) is 0 Å². The van der Waals surface area contributed by atoms with Gasteiger partial charge in [-0.1, -0.05) is 6.07 Å². The summed E-state index contributed by atoms with van der Waals surface area (Å²) in [5.41, 5.74) is 1.45.